The van der Waals surface area contributed by atoms with Crippen LogP contribution in [0.15, 0.2) is 52.7 Å². The number of ether oxygens (including phenoxy) is 3. The maximum atomic E-state index is 12.5. The summed E-state index contributed by atoms with van der Waals surface area (Å²) in [7, 11) is 1.54. The largest absolute Gasteiger partial charge is 0.497 e. The van der Waals surface area contributed by atoms with E-state index < -0.39 is 23.1 Å². The number of carboxylic acids is 1. The lowest BCUT2D eigenvalue weighted by atomic mass is 10.2. The summed E-state index contributed by atoms with van der Waals surface area (Å²) in [5, 5.41) is 18.6. The minimum absolute atomic E-state index is 0.220. The highest BCUT2D eigenvalue weighted by atomic mass is 32.2. The lowest BCUT2D eigenvalue weighted by molar-refractivity contribution is -0.138. The van der Waals surface area contributed by atoms with Crippen molar-refractivity contribution in [1.82, 2.24) is 5.32 Å². The molecule has 172 valence electrons. The summed E-state index contributed by atoms with van der Waals surface area (Å²) in [5.74, 6) is -0.808. The summed E-state index contributed by atoms with van der Waals surface area (Å²) in [6, 6.07) is 11.4. The number of amidine groups is 1. The summed E-state index contributed by atoms with van der Waals surface area (Å²) >= 11 is 1.01. The van der Waals surface area contributed by atoms with Crippen LogP contribution in [0.5, 0.6) is 17.2 Å². The van der Waals surface area contributed by atoms with Crippen molar-refractivity contribution in [2.45, 2.75) is 18.6 Å². The first-order chi connectivity index (χ1) is 15.9. The van der Waals surface area contributed by atoms with E-state index in [9.17, 15) is 14.4 Å². The van der Waals surface area contributed by atoms with Crippen molar-refractivity contribution >= 4 is 41.0 Å². The lowest BCUT2D eigenvalue weighted by Gasteiger charge is -2.11. The smallest absolute Gasteiger partial charge is 0.343 e. The molecular weight excluding hydrogens is 450 g/mol. The molecule has 11 heteroatoms. The fraction of sp³-hybridized carbons (Fsp3) is 0.227. The fourth-order valence-corrected chi connectivity index (χ4v) is 3.65. The zero-order valence-corrected chi connectivity index (χ0v) is 18.6. The second-order valence-electron chi connectivity index (χ2n) is 6.60. The van der Waals surface area contributed by atoms with E-state index in [1.54, 1.807) is 49.4 Å². The van der Waals surface area contributed by atoms with Gasteiger partial charge in [-0.1, -0.05) is 11.8 Å². The average molecular weight is 471 g/mol. The second kappa shape index (κ2) is 11.1. The Labute approximate surface area is 193 Å². The van der Waals surface area contributed by atoms with E-state index in [-0.39, 0.29) is 17.3 Å². The number of nitrogens with zero attached hydrogens (tertiary/aromatic N) is 2. The molecular formula is C22H21N3O7S. The highest BCUT2D eigenvalue weighted by molar-refractivity contribution is 8.15. The van der Waals surface area contributed by atoms with E-state index in [1.165, 1.54) is 13.3 Å². The van der Waals surface area contributed by atoms with Gasteiger partial charge < -0.3 is 24.6 Å². The topological polar surface area (TPSA) is 136 Å². The molecule has 0 radical (unpaired) electrons. The number of hydrogen-bond donors (Lipinski definition) is 2. The molecule has 33 heavy (non-hydrogen) atoms. The Balaban J connectivity index is 1.69. The molecule has 2 aromatic rings. The van der Waals surface area contributed by atoms with Crippen molar-refractivity contribution in [3.63, 3.8) is 0 Å². The summed E-state index contributed by atoms with van der Waals surface area (Å²) in [4.78, 5) is 35.0. The van der Waals surface area contributed by atoms with E-state index >= 15 is 0 Å². The highest BCUT2D eigenvalue weighted by Gasteiger charge is 2.32. The standard InChI is InChI=1S/C22H21N3O7S/c1-3-31-17-10-13(12-23-25-22-24-20(28)18(33-22)11-19(26)27)4-9-16(17)32-21(29)14-5-7-15(30-2)8-6-14/h4-10,12,18H,3,11H2,1-2H3,(H,26,27)(H,24,25,28)/b23-12-/t18-/m1/s1. The molecule has 0 saturated carbocycles. The van der Waals surface area contributed by atoms with Crippen molar-refractivity contribution < 1.29 is 33.7 Å². The van der Waals surface area contributed by atoms with Gasteiger partial charge in [0.1, 0.15) is 11.0 Å². The third-order valence-corrected chi connectivity index (χ3v) is 5.36. The quantitative estimate of drug-likeness (QED) is 0.247. The van der Waals surface area contributed by atoms with Crippen molar-refractivity contribution in [2.75, 3.05) is 13.7 Å². The third kappa shape index (κ3) is 6.56. The highest BCUT2D eigenvalue weighted by Crippen LogP contribution is 2.29. The van der Waals surface area contributed by atoms with E-state index in [0.717, 1.165) is 11.8 Å². The molecule has 0 aromatic heterocycles. The minimum atomic E-state index is -1.07. The van der Waals surface area contributed by atoms with E-state index in [2.05, 4.69) is 15.5 Å². The number of benzene rings is 2. The monoisotopic (exact) mass is 471 g/mol. The van der Waals surface area contributed by atoms with Crippen LogP contribution in [0.3, 0.4) is 0 Å². The molecule has 1 saturated heterocycles. The Morgan fingerprint density at radius 1 is 1.18 bits per heavy atom. The van der Waals surface area contributed by atoms with Crippen LogP contribution in [0, 0.1) is 0 Å². The van der Waals surface area contributed by atoms with Gasteiger partial charge in [0.05, 0.1) is 31.9 Å². The van der Waals surface area contributed by atoms with Crippen LogP contribution in [0.1, 0.15) is 29.3 Å². The predicted molar refractivity (Wildman–Crippen MR) is 122 cm³/mol. The number of rotatable bonds is 9. The number of carbonyl (C=O) groups is 3. The molecule has 0 bridgehead atoms. The second-order valence-corrected chi connectivity index (χ2v) is 7.79. The van der Waals surface area contributed by atoms with Gasteiger partial charge in [-0.3, -0.25) is 9.59 Å². The number of hydrogen-bond acceptors (Lipinski definition) is 9. The number of nitrogens with one attached hydrogen (secondary N) is 1. The summed E-state index contributed by atoms with van der Waals surface area (Å²) < 4.78 is 16.1. The van der Waals surface area contributed by atoms with E-state index in [4.69, 9.17) is 19.3 Å². The van der Waals surface area contributed by atoms with Gasteiger partial charge in [0.15, 0.2) is 16.7 Å². The van der Waals surface area contributed by atoms with Crippen LogP contribution < -0.4 is 19.5 Å². The minimum Gasteiger partial charge on any atom is -0.497 e. The number of amides is 1. The molecule has 10 nitrogen and oxygen atoms in total. The van der Waals surface area contributed by atoms with Crippen molar-refractivity contribution in [3.8, 4) is 17.2 Å². The van der Waals surface area contributed by atoms with Gasteiger partial charge in [0.2, 0.25) is 5.91 Å². The fourth-order valence-electron chi connectivity index (χ4n) is 2.74. The number of aliphatic carboxylic acids is 1. The molecule has 1 aliphatic rings. The molecule has 2 aromatic carbocycles. The number of methoxy groups -OCH3 is 1. The summed E-state index contributed by atoms with van der Waals surface area (Å²) in [6.07, 6.45) is 1.13. The Bertz CT molecular complexity index is 1100. The summed E-state index contributed by atoms with van der Waals surface area (Å²) in [5.41, 5.74) is 0.973. The first-order valence-electron chi connectivity index (χ1n) is 9.83. The van der Waals surface area contributed by atoms with Crippen LogP contribution in [0.25, 0.3) is 0 Å². The molecule has 0 unspecified atom stereocenters. The molecule has 2 N–H and O–H groups in total. The maximum absolute atomic E-state index is 12.5. The Morgan fingerprint density at radius 2 is 1.94 bits per heavy atom. The average Bonchev–Trinajstić information content (AvgIpc) is 3.13. The number of thioether (sulfide) groups is 1. The zero-order chi connectivity index (χ0) is 23.8. The first-order valence-corrected chi connectivity index (χ1v) is 10.7. The predicted octanol–water partition coefficient (Wildman–Crippen LogP) is 2.71. The number of esters is 1. The molecule has 1 amide bonds. The van der Waals surface area contributed by atoms with Gasteiger partial charge in [-0.15, -0.1) is 5.10 Å². The Hall–Kier alpha value is -3.86. The van der Waals surface area contributed by atoms with Crippen molar-refractivity contribution in [1.29, 1.82) is 0 Å². The van der Waals surface area contributed by atoms with Crippen molar-refractivity contribution in [2.24, 2.45) is 10.2 Å². The van der Waals surface area contributed by atoms with Crippen LogP contribution in [-0.2, 0) is 9.59 Å². The van der Waals surface area contributed by atoms with Gasteiger partial charge in [0.25, 0.3) is 0 Å². The molecule has 1 atom stereocenters. The molecule has 0 aliphatic carbocycles. The normalized spacial score (nSPS) is 16.6. The molecule has 1 fully saturated rings. The third-order valence-electron chi connectivity index (χ3n) is 4.29. The molecule has 1 heterocycles. The number of carbonyl (C=O) groups excluding carboxylic acids is 2. The first kappa shape index (κ1) is 23.8. The lowest BCUT2D eigenvalue weighted by Crippen LogP contribution is -2.26. The Kier molecular flexibility index (Phi) is 8.03. The van der Waals surface area contributed by atoms with Gasteiger partial charge >= 0.3 is 11.9 Å². The Morgan fingerprint density at radius 3 is 2.61 bits per heavy atom. The van der Waals surface area contributed by atoms with Gasteiger partial charge in [0, 0.05) is 0 Å². The molecule has 1 aliphatic heterocycles. The summed E-state index contributed by atoms with van der Waals surface area (Å²) in [6.45, 7) is 2.15. The van der Waals surface area contributed by atoms with Crippen molar-refractivity contribution in [3.05, 3.63) is 53.6 Å². The zero-order valence-electron chi connectivity index (χ0n) is 17.8. The van der Waals surface area contributed by atoms with Crippen LogP contribution in [0.4, 0.5) is 0 Å². The molecule has 3 rings (SSSR count). The van der Waals surface area contributed by atoms with Gasteiger partial charge in [-0.25, -0.2) is 4.79 Å². The van der Waals surface area contributed by atoms with Gasteiger partial charge in [-0.05, 0) is 55.0 Å². The van der Waals surface area contributed by atoms with Gasteiger partial charge in [-0.2, -0.15) is 5.10 Å². The van der Waals surface area contributed by atoms with E-state index in [1.807, 2.05) is 0 Å². The van der Waals surface area contributed by atoms with E-state index in [0.29, 0.717) is 29.2 Å². The maximum Gasteiger partial charge on any atom is 0.343 e. The van der Waals surface area contributed by atoms with Crippen LogP contribution in [0.2, 0.25) is 0 Å². The number of carboxylic acid groups (broad SMARTS) is 1. The van der Waals surface area contributed by atoms with Crippen LogP contribution >= 0.6 is 11.8 Å². The van der Waals surface area contributed by atoms with Crippen LogP contribution in [-0.4, -0.2) is 53.3 Å². The molecule has 0 spiro atoms. The SMILES string of the molecule is CCOc1cc(/C=N\N=C2\NC(=O)[C@@H](CC(=O)O)S2)ccc1OC(=O)c1ccc(OC)cc1.